The van der Waals surface area contributed by atoms with Crippen LogP contribution in [0, 0.1) is 0 Å². The second kappa shape index (κ2) is 6.91. The largest absolute Gasteiger partial charge is 0.367 e. The van der Waals surface area contributed by atoms with Crippen LogP contribution >= 0.6 is 0 Å². The molecule has 2 aromatic carbocycles. The standard InChI is InChI=1S/C22H28N2O/c1-16(25)23-20-11-12-21-18(14-20)6-5-13-24(21)15-17-7-9-19(10-8-17)22(2,3)4/h7-12,14H,5-6,13,15H2,1-4H3,(H,23,25). The topological polar surface area (TPSA) is 32.3 Å². The van der Waals surface area contributed by atoms with Crippen molar-refractivity contribution in [2.45, 2.75) is 52.5 Å². The van der Waals surface area contributed by atoms with Crippen molar-refractivity contribution in [3.05, 3.63) is 59.2 Å². The molecule has 0 atom stereocenters. The normalized spacial score (nSPS) is 14.2. The summed E-state index contributed by atoms with van der Waals surface area (Å²) in [5.74, 6) is -0.0217. The van der Waals surface area contributed by atoms with Gasteiger partial charge in [0.2, 0.25) is 5.91 Å². The van der Waals surface area contributed by atoms with Crippen LogP contribution < -0.4 is 10.2 Å². The van der Waals surface area contributed by atoms with Gasteiger partial charge >= 0.3 is 0 Å². The van der Waals surface area contributed by atoms with Crippen LogP contribution in [0.3, 0.4) is 0 Å². The molecule has 0 aliphatic carbocycles. The first-order valence-corrected chi connectivity index (χ1v) is 9.08. The summed E-state index contributed by atoms with van der Waals surface area (Å²) in [5, 5.41) is 2.88. The van der Waals surface area contributed by atoms with Crippen LogP contribution in [0.5, 0.6) is 0 Å². The molecular weight excluding hydrogens is 308 g/mol. The molecule has 3 nitrogen and oxygen atoms in total. The lowest BCUT2D eigenvalue weighted by atomic mass is 9.86. The highest BCUT2D eigenvalue weighted by Gasteiger charge is 2.18. The lowest BCUT2D eigenvalue weighted by Crippen LogP contribution is -2.29. The predicted octanol–water partition coefficient (Wildman–Crippen LogP) is 4.90. The van der Waals surface area contributed by atoms with Gasteiger partial charge in [-0.2, -0.15) is 0 Å². The van der Waals surface area contributed by atoms with E-state index in [-0.39, 0.29) is 11.3 Å². The summed E-state index contributed by atoms with van der Waals surface area (Å²) in [5.41, 5.74) is 6.41. The molecule has 25 heavy (non-hydrogen) atoms. The Balaban J connectivity index is 1.78. The number of carbonyl (C=O) groups excluding carboxylic acids is 1. The Bertz CT molecular complexity index is 757. The van der Waals surface area contributed by atoms with Gasteiger partial charge < -0.3 is 10.2 Å². The van der Waals surface area contributed by atoms with Gasteiger partial charge in [0.15, 0.2) is 0 Å². The van der Waals surface area contributed by atoms with Gasteiger partial charge in [-0.15, -0.1) is 0 Å². The Morgan fingerprint density at radius 3 is 2.48 bits per heavy atom. The molecule has 2 aromatic rings. The quantitative estimate of drug-likeness (QED) is 0.865. The van der Waals surface area contributed by atoms with E-state index >= 15 is 0 Å². The van der Waals surface area contributed by atoms with Crippen molar-refractivity contribution in [2.75, 3.05) is 16.8 Å². The molecule has 3 heteroatoms. The van der Waals surface area contributed by atoms with E-state index in [9.17, 15) is 4.79 Å². The monoisotopic (exact) mass is 336 g/mol. The van der Waals surface area contributed by atoms with Crippen LogP contribution in [0.1, 0.15) is 50.8 Å². The summed E-state index contributed by atoms with van der Waals surface area (Å²) in [6.07, 6.45) is 2.22. The fourth-order valence-electron chi connectivity index (χ4n) is 3.45. The van der Waals surface area contributed by atoms with Crippen LogP contribution in [0.15, 0.2) is 42.5 Å². The maximum atomic E-state index is 11.3. The number of benzene rings is 2. The summed E-state index contributed by atoms with van der Waals surface area (Å²) in [6, 6.07) is 15.3. The van der Waals surface area contributed by atoms with E-state index < -0.39 is 0 Å². The number of nitrogens with one attached hydrogen (secondary N) is 1. The third-order valence-electron chi connectivity index (χ3n) is 4.81. The van der Waals surface area contributed by atoms with Gasteiger partial charge in [-0.1, -0.05) is 45.0 Å². The first kappa shape index (κ1) is 17.5. The molecular formula is C22H28N2O. The Morgan fingerprint density at radius 2 is 1.84 bits per heavy atom. The van der Waals surface area contributed by atoms with Crippen molar-refractivity contribution < 1.29 is 4.79 Å². The minimum Gasteiger partial charge on any atom is -0.367 e. The second-order valence-electron chi connectivity index (χ2n) is 8.00. The van der Waals surface area contributed by atoms with Crippen LogP contribution in [-0.4, -0.2) is 12.5 Å². The lowest BCUT2D eigenvalue weighted by Gasteiger charge is -2.32. The molecule has 0 spiro atoms. The van der Waals surface area contributed by atoms with Gasteiger partial charge in [0, 0.05) is 31.4 Å². The van der Waals surface area contributed by atoms with Gasteiger partial charge in [0.25, 0.3) is 0 Å². The molecule has 1 N–H and O–H groups in total. The number of carbonyl (C=O) groups is 1. The molecule has 0 aromatic heterocycles. The Hall–Kier alpha value is -2.29. The molecule has 0 saturated heterocycles. The van der Waals surface area contributed by atoms with E-state index in [1.807, 2.05) is 6.07 Å². The SMILES string of the molecule is CC(=O)Nc1ccc2c(c1)CCCN2Cc1ccc(C(C)(C)C)cc1. The number of nitrogens with zero attached hydrogens (tertiary/aromatic N) is 1. The summed E-state index contributed by atoms with van der Waals surface area (Å²) in [7, 11) is 0. The van der Waals surface area contributed by atoms with Gasteiger partial charge in [0.1, 0.15) is 0 Å². The molecule has 0 unspecified atom stereocenters. The van der Waals surface area contributed by atoms with Crippen LogP contribution in [0.4, 0.5) is 11.4 Å². The Morgan fingerprint density at radius 1 is 1.12 bits per heavy atom. The lowest BCUT2D eigenvalue weighted by molar-refractivity contribution is -0.114. The molecule has 1 aliphatic heterocycles. The number of rotatable bonds is 3. The van der Waals surface area contributed by atoms with Gasteiger partial charge in [0.05, 0.1) is 0 Å². The number of amides is 1. The average Bonchev–Trinajstić information content (AvgIpc) is 2.54. The highest BCUT2D eigenvalue weighted by atomic mass is 16.1. The Kier molecular flexibility index (Phi) is 4.85. The van der Waals surface area contributed by atoms with E-state index in [1.54, 1.807) is 6.92 Å². The van der Waals surface area contributed by atoms with E-state index in [2.05, 4.69) is 67.4 Å². The van der Waals surface area contributed by atoms with Crippen LogP contribution in [-0.2, 0) is 23.2 Å². The molecule has 0 radical (unpaired) electrons. The molecule has 1 aliphatic rings. The zero-order chi connectivity index (χ0) is 18.0. The molecule has 0 bridgehead atoms. The van der Waals surface area contributed by atoms with Crippen molar-refractivity contribution in [1.82, 2.24) is 0 Å². The molecule has 3 rings (SSSR count). The molecule has 0 fully saturated rings. The van der Waals surface area contributed by atoms with Crippen molar-refractivity contribution >= 4 is 17.3 Å². The highest BCUT2D eigenvalue weighted by Crippen LogP contribution is 2.31. The van der Waals surface area contributed by atoms with E-state index in [0.717, 1.165) is 31.6 Å². The minimum atomic E-state index is -0.0217. The third-order valence-corrected chi connectivity index (χ3v) is 4.81. The highest BCUT2D eigenvalue weighted by molar-refractivity contribution is 5.89. The zero-order valence-electron chi connectivity index (χ0n) is 15.7. The van der Waals surface area contributed by atoms with Crippen molar-refractivity contribution in [3.63, 3.8) is 0 Å². The zero-order valence-corrected chi connectivity index (χ0v) is 15.7. The number of fused-ring (bicyclic) bond motifs is 1. The average molecular weight is 336 g/mol. The summed E-state index contributed by atoms with van der Waals surface area (Å²) in [6.45, 7) is 10.3. The van der Waals surface area contributed by atoms with E-state index in [1.165, 1.54) is 22.4 Å². The van der Waals surface area contributed by atoms with Crippen LogP contribution in [0.2, 0.25) is 0 Å². The van der Waals surface area contributed by atoms with Crippen molar-refractivity contribution in [1.29, 1.82) is 0 Å². The van der Waals surface area contributed by atoms with Crippen molar-refractivity contribution in [3.8, 4) is 0 Å². The van der Waals surface area contributed by atoms with Gasteiger partial charge in [-0.3, -0.25) is 4.79 Å². The number of anilines is 2. The molecule has 132 valence electrons. The summed E-state index contributed by atoms with van der Waals surface area (Å²) in [4.78, 5) is 13.7. The van der Waals surface area contributed by atoms with Crippen molar-refractivity contribution in [2.24, 2.45) is 0 Å². The smallest absolute Gasteiger partial charge is 0.221 e. The number of hydrogen-bond acceptors (Lipinski definition) is 2. The van der Waals surface area contributed by atoms with Gasteiger partial charge in [-0.25, -0.2) is 0 Å². The third kappa shape index (κ3) is 4.22. The predicted molar refractivity (Wildman–Crippen MR) is 105 cm³/mol. The first-order chi connectivity index (χ1) is 11.8. The van der Waals surface area contributed by atoms with Crippen LogP contribution in [0.25, 0.3) is 0 Å². The van der Waals surface area contributed by atoms with E-state index in [0.29, 0.717) is 0 Å². The first-order valence-electron chi connectivity index (χ1n) is 9.08. The maximum Gasteiger partial charge on any atom is 0.221 e. The second-order valence-corrected chi connectivity index (χ2v) is 8.00. The van der Waals surface area contributed by atoms with E-state index in [4.69, 9.17) is 0 Å². The minimum absolute atomic E-state index is 0.0217. The molecule has 1 heterocycles. The van der Waals surface area contributed by atoms with Gasteiger partial charge in [-0.05, 0) is 53.1 Å². The molecule has 0 saturated carbocycles. The summed E-state index contributed by atoms with van der Waals surface area (Å²) < 4.78 is 0. The fourth-order valence-corrected chi connectivity index (χ4v) is 3.45. The Labute approximate surface area is 151 Å². The molecule has 1 amide bonds. The summed E-state index contributed by atoms with van der Waals surface area (Å²) >= 11 is 0. The fraction of sp³-hybridized carbons (Fsp3) is 0.409. The maximum absolute atomic E-state index is 11.3. The number of aryl methyl sites for hydroxylation is 1. The number of hydrogen-bond donors (Lipinski definition) is 1.